The second-order valence-corrected chi connectivity index (χ2v) is 8.96. The van der Waals surface area contributed by atoms with E-state index in [1.807, 2.05) is 24.3 Å². The van der Waals surface area contributed by atoms with Gasteiger partial charge in [0.15, 0.2) is 0 Å². The Labute approximate surface area is 198 Å². The number of ether oxygens (including phenoxy) is 3. The third-order valence-corrected chi connectivity index (χ3v) is 6.37. The number of carbonyl (C=O) groups is 1. The molecule has 0 saturated heterocycles. The fourth-order valence-corrected chi connectivity index (χ4v) is 4.20. The zero-order chi connectivity index (χ0) is 23.5. The van der Waals surface area contributed by atoms with Gasteiger partial charge >= 0.3 is 6.16 Å². The lowest BCUT2D eigenvalue weighted by Crippen LogP contribution is -2.35. The molecule has 1 N–H and O–H groups in total. The van der Waals surface area contributed by atoms with Crippen LogP contribution in [0.3, 0.4) is 0 Å². The van der Waals surface area contributed by atoms with E-state index in [1.165, 1.54) is 0 Å². The molecule has 3 rings (SSSR count). The van der Waals surface area contributed by atoms with E-state index >= 15 is 0 Å². The molecule has 0 atom stereocenters. The van der Waals surface area contributed by atoms with Crippen LogP contribution in [0.1, 0.15) is 77.2 Å². The molecule has 1 aliphatic carbocycles. The minimum atomic E-state index is -0.888. The van der Waals surface area contributed by atoms with Crippen molar-refractivity contribution in [3.63, 3.8) is 0 Å². The largest absolute Gasteiger partial charge is 0.508 e. The van der Waals surface area contributed by atoms with Gasteiger partial charge in [-0.2, -0.15) is 0 Å². The van der Waals surface area contributed by atoms with Crippen LogP contribution in [0, 0.1) is 0 Å². The Hall–Kier alpha value is -2.53. The highest BCUT2D eigenvalue weighted by molar-refractivity contribution is 5.64. The molecule has 0 heterocycles. The summed E-state index contributed by atoms with van der Waals surface area (Å²) in [5, 5.41) is 11.2. The lowest BCUT2D eigenvalue weighted by molar-refractivity contribution is -0.0538. The summed E-state index contributed by atoms with van der Waals surface area (Å²) in [5.74, 6) is 0.891. The molecule has 0 unspecified atom stereocenters. The van der Waals surface area contributed by atoms with Gasteiger partial charge in [0.2, 0.25) is 0 Å². The zero-order valence-corrected chi connectivity index (χ0v) is 20.1. The first-order valence-electron chi connectivity index (χ1n) is 12.4. The third kappa shape index (κ3) is 7.50. The number of carbonyl (C=O) groups excluding carboxylic acids is 1. The van der Waals surface area contributed by atoms with Gasteiger partial charge in [-0.05, 0) is 67.3 Å². The second kappa shape index (κ2) is 12.6. The maximum Gasteiger partial charge on any atom is 0.508 e. The summed E-state index contributed by atoms with van der Waals surface area (Å²) in [6, 6.07) is 16.2. The van der Waals surface area contributed by atoms with Crippen LogP contribution in [0.4, 0.5) is 4.79 Å². The molecule has 0 aromatic heterocycles. The van der Waals surface area contributed by atoms with Crippen molar-refractivity contribution in [1.82, 2.24) is 0 Å². The smallest absolute Gasteiger partial charge is 0.494 e. The van der Waals surface area contributed by atoms with Crippen molar-refractivity contribution in [1.29, 1.82) is 0 Å². The third-order valence-electron chi connectivity index (χ3n) is 6.37. The normalized spacial score (nSPS) is 20.3. The molecular weight excluding hydrogens is 416 g/mol. The van der Waals surface area contributed by atoms with Gasteiger partial charge in [-0.1, -0.05) is 69.5 Å². The van der Waals surface area contributed by atoms with E-state index < -0.39 is 11.8 Å². The molecule has 0 bridgehead atoms. The SMILES string of the molecule is CCCCCOC(=O)OC1CCC(O)(c2ccc(-c3ccc(OCCCC)cc3)cc2)CC1. The summed E-state index contributed by atoms with van der Waals surface area (Å²) in [7, 11) is 0. The van der Waals surface area contributed by atoms with Crippen molar-refractivity contribution in [2.45, 2.75) is 83.3 Å². The fourth-order valence-electron chi connectivity index (χ4n) is 4.20. The Morgan fingerprint density at radius 2 is 1.48 bits per heavy atom. The van der Waals surface area contributed by atoms with E-state index in [1.54, 1.807) is 0 Å². The number of unbranched alkanes of at least 4 members (excludes halogenated alkanes) is 3. The minimum absolute atomic E-state index is 0.193. The number of rotatable bonds is 11. The summed E-state index contributed by atoms with van der Waals surface area (Å²) in [4.78, 5) is 11.8. The van der Waals surface area contributed by atoms with Crippen molar-refractivity contribution in [3.8, 4) is 16.9 Å². The quantitative estimate of drug-likeness (QED) is 0.292. The summed E-state index contributed by atoms with van der Waals surface area (Å²) in [6.07, 6.45) is 6.76. The van der Waals surface area contributed by atoms with Gasteiger partial charge in [-0.15, -0.1) is 0 Å². The molecule has 0 spiro atoms. The minimum Gasteiger partial charge on any atom is -0.494 e. The highest BCUT2D eigenvalue weighted by atomic mass is 16.7. The molecule has 1 aliphatic rings. The average molecular weight is 455 g/mol. The van der Waals surface area contributed by atoms with Crippen molar-refractivity contribution in [2.24, 2.45) is 0 Å². The Balaban J connectivity index is 1.50. The molecule has 0 radical (unpaired) electrons. The summed E-state index contributed by atoms with van der Waals surface area (Å²) >= 11 is 0. The van der Waals surface area contributed by atoms with Crippen LogP contribution in [-0.2, 0) is 15.1 Å². The summed E-state index contributed by atoms with van der Waals surface area (Å²) in [6.45, 7) is 5.41. The molecule has 1 saturated carbocycles. The first-order valence-corrected chi connectivity index (χ1v) is 12.4. The van der Waals surface area contributed by atoms with Crippen LogP contribution in [0.5, 0.6) is 5.75 Å². The first kappa shape index (κ1) is 25.1. The summed E-state index contributed by atoms with van der Waals surface area (Å²) < 4.78 is 16.3. The van der Waals surface area contributed by atoms with Crippen LogP contribution in [0.2, 0.25) is 0 Å². The lowest BCUT2D eigenvalue weighted by Gasteiger charge is -2.36. The highest BCUT2D eigenvalue weighted by Crippen LogP contribution is 2.39. The number of hydrogen-bond acceptors (Lipinski definition) is 5. The predicted octanol–water partition coefficient (Wildman–Crippen LogP) is 7.01. The second-order valence-electron chi connectivity index (χ2n) is 8.96. The van der Waals surface area contributed by atoms with Gasteiger partial charge in [0.05, 0.1) is 18.8 Å². The van der Waals surface area contributed by atoms with E-state index in [0.717, 1.165) is 61.2 Å². The monoisotopic (exact) mass is 454 g/mol. The van der Waals surface area contributed by atoms with Crippen LogP contribution in [-0.4, -0.2) is 30.6 Å². The number of benzene rings is 2. The molecule has 5 nitrogen and oxygen atoms in total. The molecule has 2 aromatic carbocycles. The maximum absolute atomic E-state index is 11.8. The Kier molecular flexibility index (Phi) is 9.61. The van der Waals surface area contributed by atoms with E-state index in [2.05, 4.69) is 38.1 Å². The fraction of sp³-hybridized carbons (Fsp3) is 0.536. The van der Waals surface area contributed by atoms with Gasteiger partial charge in [-0.3, -0.25) is 0 Å². The van der Waals surface area contributed by atoms with E-state index in [0.29, 0.717) is 32.3 Å². The van der Waals surface area contributed by atoms with Gasteiger partial charge < -0.3 is 19.3 Å². The Morgan fingerprint density at radius 1 is 0.879 bits per heavy atom. The molecular formula is C28H38O5. The molecule has 5 heteroatoms. The molecule has 33 heavy (non-hydrogen) atoms. The van der Waals surface area contributed by atoms with Crippen LogP contribution in [0.15, 0.2) is 48.5 Å². The number of aliphatic hydroxyl groups is 1. The van der Waals surface area contributed by atoms with Crippen LogP contribution < -0.4 is 4.74 Å². The van der Waals surface area contributed by atoms with Gasteiger partial charge in [0, 0.05) is 0 Å². The summed E-state index contributed by atoms with van der Waals surface area (Å²) in [5.41, 5.74) is 2.24. The molecule has 2 aromatic rings. The van der Waals surface area contributed by atoms with Crippen LogP contribution >= 0.6 is 0 Å². The molecule has 0 aliphatic heterocycles. The Morgan fingerprint density at radius 3 is 2.09 bits per heavy atom. The molecule has 0 amide bonds. The Bertz CT molecular complexity index is 836. The molecule has 1 fully saturated rings. The van der Waals surface area contributed by atoms with E-state index in [-0.39, 0.29) is 6.10 Å². The number of hydrogen-bond donors (Lipinski definition) is 1. The van der Waals surface area contributed by atoms with Crippen molar-refractivity contribution < 1.29 is 24.1 Å². The van der Waals surface area contributed by atoms with Crippen molar-refractivity contribution in [3.05, 3.63) is 54.1 Å². The standard InChI is InChI=1S/C28H38O5/c1-3-5-7-21-32-27(29)33-26-16-18-28(30,19-17-26)24-12-8-22(9-13-24)23-10-14-25(15-11-23)31-20-6-4-2/h8-15,26,30H,3-7,16-21H2,1-2H3. The van der Waals surface area contributed by atoms with Crippen molar-refractivity contribution in [2.75, 3.05) is 13.2 Å². The van der Waals surface area contributed by atoms with Crippen molar-refractivity contribution >= 4 is 6.16 Å². The zero-order valence-electron chi connectivity index (χ0n) is 20.1. The van der Waals surface area contributed by atoms with Crippen LogP contribution in [0.25, 0.3) is 11.1 Å². The highest BCUT2D eigenvalue weighted by Gasteiger charge is 2.36. The van der Waals surface area contributed by atoms with Gasteiger partial charge in [0.1, 0.15) is 11.9 Å². The van der Waals surface area contributed by atoms with Gasteiger partial charge in [-0.25, -0.2) is 4.79 Å². The van der Waals surface area contributed by atoms with E-state index in [9.17, 15) is 9.90 Å². The first-order chi connectivity index (χ1) is 16.0. The predicted molar refractivity (Wildman–Crippen MR) is 130 cm³/mol. The maximum atomic E-state index is 11.8. The van der Waals surface area contributed by atoms with Gasteiger partial charge in [0.25, 0.3) is 0 Å². The average Bonchev–Trinajstić information content (AvgIpc) is 2.84. The topological polar surface area (TPSA) is 65.0 Å². The lowest BCUT2D eigenvalue weighted by atomic mass is 9.78. The van der Waals surface area contributed by atoms with E-state index in [4.69, 9.17) is 14.2 Å². The molecule has 180 valence electrons.